The number of nitrogens with two attached hydrogens (primary N) is 1. The van der Waals surface area contributed by atoms with Crippen LogP contribution in [0.4, 0.5) is 5.82 Å². The first kappa shape index (κ1) is 16.5. The summed E-state index contributed by atoms with van der Waals surface area (Å²) in [5.41, 5.74) is 10.7. The standard InChI is InChI=1S/C22H19N3S/c1-16-12-14-19(15-13-16)26-21-20(17-8-4-2-5-9-17)24-25(22(21)23)18-10-6-3-7-11-18/h2-15H,23H2,1H3. The van der Waals surface area contributed by atoms with Crippen LogP contribution in [0.2, 0.25) is 0 Å². The summed E-state index contributed by atoms with van der Waals surface area (Å²) in [6.45, 7) is 2.09. The molecule has 128 valence electrons. The molecular formula is C22H19N3S. The molecule has 3 nitrogen and oxygen atoms in total. The maximum Gasteiger partial charge on any atom is 0.141 e. The molecule has 0 aliphatic carbocycles. The van der Waals surface area contributed by atoms with Gasteiger partial charge in [0.25, 0.3) is 0 Å². The number of nitrogen functional groups attached to an aromatic ring is 1. The first-order chi connectivity index (χ1) is 12.7. The molecule has 3 aromatic carbocycles. The minimum atomic E-state index is 0.653. The van der Waals surface area contributed by atoms with E-state index in [1.54, 1.807) is 11.8 Å². The third kappa shape index (κ3) is 3.24. The zero-order chi connectivity index (χ0) is 17.9. The molecule has 0 fully saturated rings. The average Bonchev–Trinajstić information content (AvgIpc) is 3.01. The summed E-state index contributed by atoms with van der Waals surface area (Å²) in [4.78, 5) is 2.12. The third-order valence-corrected chi connectivity index (χ3v) is 5.28. The molecule has 0 spiro atoms. The number of para-hydroxylation sites is 1. The highest BCUT2D eigenvalue weighted by atomic mass is 32.2. The topological polar surface area (TPSA) is 43.8 Å². The van der Waals surface area contributed by atoms with Gasteiger partial charge in [0.15, 0.2) is 0 Å². The molecule has 0 saturated carbocycles. The Morgan fingerprint density at radius 3 is 2.08 bits per heavy atom. The van der Waals surface area contributed by atoms with Gasteiger partial charge in [0.05, 0.1) is 10.6 Å². The van der Waals surface area contributed by atoms with E-state index in [0.29, 0.717) is 5.82 Å². The molecule has 0 radical (unpaired) electrons. The highest BCUT2D eigenvalue weighted by Crippen LogP contribution is 2.40. The van der Waals surface area contributed by atoms with E-state index in [-0.39, 0.29) is 0 Å². The quantitative estimate of drug-likeness (QED) is 0.518. The van der Waals surface area contributed by atoms with Crippen molar-refractivity contribution in [2.45, 2.75) is 16.7 Å². The number of nitrogens with zero attached hydrogens (tertiary/aromatic N) is 2. The van der Waals surface area contributed by atoms with Crippen molar-refractivity contribution in [3.05, 3.63) is 90.5 Å². The summed E-state index contributed by atoms with van der Waals surface area (Å²) in [6, 6.07) is 28.6. The van der Waals surface area contributed by atoms with Crippen LogP contribution in [0, 0.1) is 6.92 Å². The predicted octanol–water partition coefficient (Wildman–Crippen LogP) is 5.58. The molecule has 0 aliphatic heterocycles. The molecule has 0 saturated heterocycles. The largest absolute Gasteiger partial charge is 0.383 e. The van der Waals surface area contributed by atoms with Crippen molar-refractivity contribution in [3.63, 3.8) is 0 Å². The van der Waals surface area contributed by atoms with Crippen LogP contribution in [0.1, 0.15) is 5.56 Å². The highest BCUT2D eigenvalue weighted by molar-refractivity contribution is 7.99. The van der Waals surface area contributed by atoms with Crippen molar-refractivity contribution in [2.24, 2.45) is 0 Å². The van der Waals surface area contributed by atoms with Gasteiger partial charge >= 0.3 is 0 Å². The van der Waals surface area contributed by atoms with Crippen molar-refractivity contribution < 1.29 is 0 Å². The zero-order valence-corrected chi connectivity index (χ0v) is 15.3. The van der Waals surface area contributed by atoms with E-state index in [9.17, 15) is 0 Å². The highest BCUT2D eigenvalue weighted by Gasteiger charge is 2.19. The second kappa shape index (κ2) is 7.10. The van der Waals surface area contributed by atoms with Crippen molar-refractivity contribution >= 4 is 17.6 Å². The molecule has 0 bridgehead atoms. The summed E-state index contributed by atoms with van der Waals surface area (Å²) in [6.07, 6.45) is 0. The Morgan fingerprint density at radius 1 is 0.808 bits per heavy atom. The summed E-state index contributed by atoms with van der Waals surface area (Å²) in [5, 5.41) is 4.83. The lowest BCUT2D eigenvalue weighted by molar-refractivity contribution is 0.895. The lowest BCUT2D eigenvalue weighted by atomic mass is 10.1. The van der Waals surface area contributed by atoms with Crippen LogP contribution in [-0.2, 0) is 0 Å². The monoisotopic (exact) mass is 357 g/mol. The van der Waals surface area contributed by atoms with Gasteiger partial charge in [-0.05, 0) is 31.2 Å². The van der Waals surface area contributed by atoms with Gasteiger partial charge in [-0.15, -0.1) is 0 Å². The Hall–Kier alpha value is -2.98. The van der Waals surface area contributed by atoms with Crippen molar-refractivity contribution in [3.8, 4) is 16.9 Å². The number of aryl methyl sites for hydroxylation is 1. The number of hydrogen-bond acceptors (Lipinski definition) is 3. The number of rotatable bonds is 4. The van der Waals surface area contributed by atoms with Crippen LogP contribution in [0.15, 0.2) is 94.7 Å². The molecule has 4 aromatic rings. The molecule has 26 heavy (non-hydrogen) atoms. The van der Waals surface area contributed by atoms with E-state index < -0.39 is 0 Å². The Kier molecular flexibility index (Phi) is 4.50. The fraction of sp³-hybridized carbons (Fsp3) is 0.0455. The number of hydrogen-bond donors (Lipinski definition) is 1. The fourth-order valence-electron chi connectivity index (χ4n) is 2.79. The van der Waals surface area contributed by atoms with E-state index >= 15 is 0 Å². The normalized spacial score (nSPS) is 10.8. The van der Waals surface area contributed by atoms with Gasteiger partial charge in [0.2, 0.25) is 0 Å². The van der Waals surface area contributed by atoms with Crippen molar-refractivity contribution in [2.75, 3.05) is 5.73 Å². The minimum absolute atomic E-state index is 0.653. The fourth-order valence-corrected chi connectivity index (χ4v) is 3.75. The molecule has 1 heterocycles. The molecule has 0 aliphatic rings. The lowest BCUT2D eigenvalue weighted by Gasteiger charge is -2.05. The second-order valence-corrected chi connectivity index (χ2v) is 7.18. The van der Waals surface area contributed by atoms with Gasteiger partial charge in [-0.25, -0.2) is 4.68 Å². The first-order valence-electron chi connectivity index (χ1n) is 8.46. The van der Waals surface area contributed by atoms with E-state index in [4.69, 9.17) is 10.8 Å². The second-order valence-electron chi connectivity index (χ2n) is 6.09. The van der Waals surface area contributed by atoms with Crippen molar-refractivity contribution in [1.82, 2.24) is 9.78 Å². The molecule has 0 unspecified atom stereocenters. The van der Waals surface area contributed by atoms with Gasteiger partial charge < -0.3 is 5.73 Å². The van der Waals surface area contributed by atoms with Crippen LogP contribution in [0.3, 0.4) is 0 Å². The average molecular weight is 357 g/mol. The van der Waals surface area contributed by atoms with E-state index in [0.717, 1.165) is 26.7 Å². The molecule has 1 aromatic heterocycles. The summed E-state index contributed by atoms with van der Waals surface area (Å²) >= 11 is 1.65. The number of anilines is 1. The van der Waals surface area contributed by atoms with E-state index in [2.05, 4.69) is 43.3 Å². The molecule has 2 N–H and O–H groups in total. The molecule has 4 heteroatoms. The Balaban J connectivity index is 1.85. The van der Waals surface area contributed by atoms with Crippen LogP contribution in [0.5, 0.6) is 0 Å². The minimum Gasteiger partial charge on any atom is -0.383 e. The van der Waals surface area contributed by atoms with E-state index in [1.165, 1.54) is 5.56 Å². The van der Waals surface area contributed by atoms with Gasteiger partial charge in [0, 0.05) is 10.5 Å². The SMILES string of the molecule is Cc1ccc(Sc2c(-c3ccccc3)nn(-c3ccccc3)c2N)cc1. The van der Waals surface area contributed by atoms with Crippen LogP contribution in [0.25, 0.3) is 16.9 Å². The van der Waals surface area contributed by atoms with Crippen LogP contribution in [-0.4, -0.2) is 9.78 Å². The Bertz CT molecular complexity index is 1010. The smallest absolute Gasteiger partial charge is 0.141 e. The summed E-state index contributed by atoms with van der Waals surface area (Å²) in [7, 11) is 0. The summed E-state index contributed by atoms with van der Waals surface area (Å²) in [5.74, 6) is 0.653. The van der Waals surface area contributed by atoms with Gasteiger partial charge in [-0.2, -0.15) is 5.10 Å². The molecule has 0 atom stereocenters. The molecular weight excluding hydrogens is 338 g/mol. The summed E-state index contributed by atoms with van der Waals surface area (Å²) < 4.78 is 1.82. The van der Waals surface area contributed by atoms with Crippen LogP contribution < -0.4 is 5.73 Å². The maximum absolute atomic E-state index is 6.53. The third-order valence-electron chi connectivity index (χ3n) is 4.16. The predicted molar refractivity (Wildman–Crippen MR) is 109 cm³/mol. The van der Waals surface area contributed by atoms with Gasteiger partial charge in [-0.3, -0.25) is 0 Å². The Labute approximate surface area is 157 Å². The number of aromatic nitrogens is 2. The number of benzene rings is 3. The van der Waals surface area contributed by atoms with Crippen molar-refractivity contribution in [1.29, 1.82) is 0 Å². The van der Waals surface area contributed by atoms with Gasteiger partial charge in [-0.1, -0.05) is 78.0 Å². The maximum atomic E-state index is 6.53. The van der Waals surface area contributed by atoms with E-state index in [1.807, 2.05) is 53.2 Å². The molecule has 4 rings (SSSR count). The first-order valence-corrected chi connectivity index (χ1v) is 9.28. The zero-order valence-electron chi connectivity index (χ0n) is 14.5. The molecule has 0 amide bonds. The van der Waals surface area contributed by atoms with Crippen LogP contribution >= 0.6 is 11.8 Å². The van der Waals surface area contributed by atoms with Gasteiger partial charge in [0.1, 0.15) is 11.5 Å². The lowest BCUT2D eigenvalue weighted by Crippen LogP contribution is -2.01. The Morgan fingerprint density at radius 2 is 1.42 bits per heavy atom.